The van der Waals surface area contributed by atoms with Gasteiger partial charge in [-0.3, -0.25) is 4.79 Å². The Morgan fingerprint density at radius 2 is 2.19 bits per heavy atom. The number of nitrogens with two attached hydrogens (primary N) is 1. The molecule has 1 aliphatic rings. The van der Waals surface area contributed by atoms with Crippen LogP contribution in [0.4, 0.5) is 11.4 Å². The highest BCUT2D eigenvalue weighted by molar-refractivity contribution is 7.21. The quantitative estimate of drug-likeness (QED) is 0.742. The number of hydrogen-bond donors (Lipinski definition) is 2. The van der Waals surface area contributed by atoms with Crippen molar-refractivity contribution < 1.29 is 4.79 Å². The van der Waals surface area contributed by atoms with Gasteiger partial charge in [0.1, 0.15) is 9.71 Å². The van der Waals surface area contributed by atoms with Crippen LogP contribution in [-0.4, -0.2) is 29.4 Å². The van der Waals surface area contributed by atoms with Crippen LogP contribution in [0.25, 0.3) is 10.2 Å². The maximum Gasteiger partial charge on any atom is 0.267 e. The second-order valence-corrected chi connectivity index (χ2v) is 7.74. The molecule has 2 aromatic heterocycles. The predicted octanol–water partition coefficient (Wildman–Crippen LogP) is 3.68. The number of likely N-dealkylation sites (N-methyl/N-ethyl adjacent to an activating group) is 1. The molecule has 0 atom stereocenters. The van der Waals surface area contributed by atoms with Gasteiger partial charge >= 0.3 is 0 Å². The van der Waals surface area contributed by atoms with Gasteiger partial charge in [0, 0.05) is 36.3 Å². The van der Waals surface area contributed by atoms with Gasteiger partial charge in [-0.1, -0.05) is 25.1 Å². The van der Waals surface area contributed by atoms with Gasteiger partial charge in [-0.15, -0.1) is 11.3 Å². The van der Waals surface area contributed by atoms with Gasteiger partial charge in [0.2, 0.25) is 0 Å². The van der Waals surface area contributed by atoms with Crippen molar-refractivity contribution in [1.29, 1.82) is 0 Å². The van der Waals surface area contributed by atoms with E-state index in [9.17, 15) is 4.79 Å². The molecule has 0 saturated carbocycles. The molecule has 6 heteroatoms. The highest BCUT2D eigenvalue weighted by Crippen LogP contribution is 2.35. The first kappa shape index (κ1) is 17.0. The van der Waals surface area contributed by atoms with Crippen LogP contribution in [0.15, 0.2) is 30.3 Å². The third kappa shape index (κ3) is 2.95. The number of aromatic nitrogens is 1. The number of hydrogen-bond acceptors (Lipinski definition) is 5. The van der Waals surface area contributed by atoms with Crippen LogP contribution in [0, 0.1) is 0 Å². The molecule has 1 amide bonds. The van der Waals surface area contributed by atoms with E-state index in [1.807, 2.05) is 24.3 Å². The Balaban J connectivity index is 1.70. The number of anilines is 2. The van der Waals surface area contributed by atoms with Crippen LogP contribution in [0.1, 0.15) is 33.4 Å². The van der Waals surface area contributed by atoms with Crippen molar-refractivity contribution in [3.63, 3.8) is 0 Å². The average molecular weight is 366 g/mol. The molecule has 3 heterocycles. The summed E-state index contributed by atoms with van der Waals surface area (Å²) in [4.78, 5) is 21.3. The van der Waals surface area contributed by atoms with E-state index in [0.717, 1.165) is 53.1 Å². The van der Waals surface area contributed by atoms with Crippen LogP contribution in [0.5, 0.6) is 0 Å². The standard InChI is InChI=1S/C20H22N4OS/c1-3-12-6-4-5-7-15(12)22-19(25)18-17(21)14-10-13-11-24(2)9-8-16(13)23-20(14)26-18/h4-7,10H,3,8-9,11,21H2,1-2H3,(H,22,25). The normalized spacial score (nSPS) is 14.4. The lowest BCUT2D eigenvalue weighted by Crippen LogP contribution is -2.27. The van der Waals surface area contributed by atoms with E-state index >= 15 is 0 Å². The number of nitrogens with zero attached hydrogens (tertiary/aromatic N) is 2. The van der Waals surface area contributed by atoms with E-state index in [2.05, 4.69) is 30.3 Å². The van der Waals surface area contributed by atoms with E-state index in [0.29, 0.717) is 10.6 Å². The average Bonchev–Trinajstić information content (AvgIpc) is 2.96. The smallest absolute Gasteiger partial charge is 0.267 e. The lowest BCUT2D eigenvalue weighted by atomic mass is 10.0. The Hall–Kier alpha value is -2.44. The number of aryl methyl sites for hydroxylation is 1. The van der Waals surface area contributed by atoms with E-state index in [4.69, 9.17) is 10.7 Å². The largest absolute Gasteiger partial charge is 0.397 e. The molecular formula is C20H22N4OS. The molecule has 1 aromatic carbocycles. The summed E-state index contributed by atoms with van der Waals surface area (Å²) in [7, 11) is 2.11. The minimum Gasteiger partial charge on any atom is -0.397 e. The highest BCUT2D eigenvalue weighted by atomic mass is 32.1. The highest BCUT2D eigenvalue weighted by Gasteiger charge is 2.22. The number of thiophene rings is 1. The topological polar surface area (TPSA) is 71.2 Å². The number of pyridine rings is 1. The Kier molecular flexibility index (Phi) is 4.38. The first-order valence-corrected chi connectivity index (χ1v) is 9.67. The molecule has 0 saturated heterocycles. The molecule has 0 fully saturated rings. The zero-order chi connectivity index (χ0) is 18.3. The minimum atomic E-state index is -0.165. The maximum atomic E-state index is 12.8. The molecule has 0 spiro atoms. The second kappa shape index (κ2) is 6.70. The molecule has 0 radical (unpaired) electrons. The van der Waals surface area contributed by atoms with E-state index < -0.39 is 0 Å². The second-order valence-electron chi connectivity index (χ2n) is 6.74. The van der Waals surface area contributed by atoms with Gasteiger partial charge in [-0.25, -0.2) is 4.98 Å². The van der Waals surface area contributed by atoms with Crippen LogP contribution >= 0.6 is 11.3 Å². The molecule has 0 unspecified atom stereocenters. The first-order chi connectivity index (χ1) is 12.6. The first-order valence-electron chi connectivity index (χ1n) is 8.85. The summed E-state index contributed by atoms with van der Waals surface area (Å²) in [5.74, 6) is -0.165. The summed E-state index contributed by atoms with van der Waals surface area (Å²) in [6, 6.07) is 9.96. The summed E-state index contributed by atoms with van der Waals surface area (Å²) in [5.41, 5.74) is 11.1. The van der Waals surface area contributed by atoms with Crippen molar-refractivity contribution in [1.82, 2.24) is 9.88 Å². The van der Waals surface area contributed by atoms with Crippen molar-refractivity contribution in [3.8, 4) is 0 Å². The number of nitrogens with one attached hydrogen (secondary N) is 1. The maximum absolute atomic E-state index is 12.8. The number of carbonyl (C=O) groups excluding carboxylic acids is 1. The van der Waals surface area contributed by atoms with Crippen LogP contribution in [0.3, 0.4) is 0 Å². The fourth-order valence-electron chi connectivity index (χ4n) is 3.44. The summed E-state index contributed by atoms with van der Waals surface area (Å²) in [6.07, 6.45) is 1.80. The Bertz CT molecular complexity index is 995. The van der Waals surface area contributed by atoms with Crippen molar-refractivity contribution in [2.45, 2.75) is 26.3 Å². The van der Waals surface area contributed by atoms with Crippen molar-refractivity contribution in [2.24, 2.45) is 0 Å². The molecule has 134 valence electrons. The molecule has 3 aromatic rings. The van der Waals surface area contributed by atoms with Gasteiger partial charge in [-0.2, -0.15) is 0 Å². The Labute approximate surface area is 156 Å². The number of fused-ring (bicyclic) bond motifs is 2. The van der Waals surface area contributed by atoms with E-state index in [-0.39, 0.29) is 5.91 Å². The Morgan fingerprint density at radius 1 is 1.38 bits per heavy atom. The predicted molar refractivity (Wildman–Crippen MR) is 108 cm³/mol. The fraction of sp³-hybridized carbons (Fsp3) is 0.300. The third-order valence-corrected chi connectivity index (χ3v) is 6.03. The molecule has 4 rings (SSSR count). The van der Waals surface area contributed by atoms with Crippen molar-refractivity contribution in [3.05, 3.63) is 52.0 Å². The molecule has 0 aliphatic carbocycles. The zero-order valence-electron chi connectivity index (χ0n) is 15.0. The number of amides is 1. The number of benzene rings is 1. The fourth-order valence-corrected chi connectivity index (χ4v) is 4.43. The van der Waals surface area contributed by atoms with Gasteiger partial charge in [0.05, 0.1) is 5.69 Å². The summed E-state index contributed by atoms with van der Waals surface area (Å²) < 4.78 is 0. The van der Waals surface area contributed by atoms with E-state index in [1.54, 1.807) is 0 Å². The molecule has 0 bridgehead atoms. The molecule has 3 N–H and O–H groups in total. The summed E-state index contributed by atoms with van der Waals surface area (Å²) in [6.45, 7) is 3.96. The van der Waals surface area contributed by atoms with Crippen molar-refractivity contribution >= 4 is 38.8 Å². The number of para-hydroxylation sites is 1. The molecule has 1 aliphatic heterocycles. The Morgan fingerprint density at radius 3 is 3.00 bits per heavy atom. The van der Waals surface area contributed by atoms with Gasteiger partial charge in [0.25, 0.3) is 5.91 Å². The lowest BCUT2D eigenvalue weighted by molar-refractivity contribution is 0.103. The molecular weight excluding hydrogens is 344 g/mol. The summed E-state index contributed by atoms with van der Waals surface area (Å²) in [5, 5.41) is 3.90. The monoisotopic (exact) mass is 366 g/mol. The number of nitrogen functional groups attached to an aromatic ring is 1. The van der Waals surface area contributed by atoms with Crippen molar-refractivity contribution in [2.75, 3.05) is 24.6 Å². The number of carbonyl (C=O) groups is 1. The lowest BCUT2D eigenvalue weighted by Gasteiger charge is -2.24. The van der Waals surface area contributed by atoms with Gasteiger partial charge in [0.15, 0.2) is 0 Å². The van der Waals surface area contributed by atoms with Crippen LogP contribution in [-0.2, 0) is 19.4 Å². The van der Waals surface area contributed by atoms with Crippen LogP contribution < -0.4 is 11.1 Å². The number of rotatable bonds is 3. The van der Waals surface area contributed by atoms with Crippen LogP contribution in [0.2, 0.25) is 0 Å². The molecule has 26 heavy (non-hydrogen) atoms. The van der Waals surface area contributed by atoms with E-state index in [1.165, 1.54) is 16.9 Å². The molecule has 5 nitrogen and oxygen atoms in total. The minimum absolute atomic E-state index is 0.165. The van der Waals surface area contributed by atoms with Gasteiger partial charge in [-0.05, 0) is 36.7 Å². The summed E-state index contributed by atoms with van der Waals surface area (Å²) >= 11 is 1.38. The third-order valence-electron chi connectivity index (χ3n) is 4.91. The SMILES string of the molecule is CCc1ccccc1NC(=O)c1sc2nc3c(cc2c1N)CN(C)CC3. The zero-order valence-corrected chi connectivity index (χ0v) is 15.8. The van der Waals surface area contributed by atoms with Gasteiger partial charge < -0.3 is 16.0 Å².